The van der Waals surface area contributed by atoms with Crippen LogP contribution in [0, 0.1) is 0 Å². The summed E-state index contributed by atoms with van der Waals surface area (Å²) in [5.41, 5.74) is 3.52. The third-order valence-electron chi connectivity index (χ3n) is 3.97. The number of pyridine rings is 1. The molecule has 0 spiro atoms. The maximum Gasteiger partial charge on any atom is 0.191 e. The molecule has 0 unspecified atom stereocenters. The number of ether oxygens (including phenoxy) is 1. The minimum Gasteiger partial charge on any atom is -0.377 e. The molecule has 0 bridgehead atoms. The lowest BCUT2D eigenvalue weighted by Crippen LogP contribution is -2.38. The fourth-order valence-corrected chi connectivity index (χ4v) is 2.68. The number of nitrogens with zero attached hydrogens (tertiary/aromatic N) is 2. The van der Waals surface area contributed by atoms with E-state index in [1.54, 1.807) is 6.20 Å². The van der Waals surface area contributed by atoms with Crippen LogP contribution in [0.15, 0.2) is 47.6 Å². The topological polar surface area (TPSA) is 58.5 Å². The van der Waals surface area contributed by atoms with Crippen LogP contribution in [0.25, 0.3) is 0 Å². The summed E-state index contributed by atoms with van der Waals surface area (Å²) in [6, 6.07) is 12.1. The summed E-state index contributed by atoms with van der Waals surface area (Å²) in [6.45, 7) is 7.79. The van der Waals surface area contributed by atoms with Crippen LogP contribution < -0.4 is 10.6 Å². The molecule has 1 aromatic carbocycles. The van der Waals surface area contributed by atoms with Crippen molar-refractivity contribution in [3.63, 3.8) is 0 Å². The number of benzene rings is 1. The van der Waals surface area contributed by atoms with E-state index < -0.39 is 0 Å². The van der Waals surface area contributed by atoms with Crippen molar-refractivity contribution in [3.05, 3.63) is 64.4 Å². The second-order valence-corrected chi connectivity index (χ2v) is 6.57. The highest BCUT2D eigenvalue weighted by molar-refractivity contribution is 14.0. The molecule has 0 fully saturated rings. The van der Waals surface area contributed by atoms with Crippen LogP contribution in [0.5, 0.6) is 0 Å². The zero-order valence-electron chi connectivity index (χ0n) is 16.6. The number of halogens is 2. The standard InChI is InChI=1S/C21H29ClN4O.HI/c1-3-13-27-16-19-8-6-5-7-18(19)15-26-21(23-4-2)24-12-11-17-9-10-20(22)25-14-17;/h5-10,14H,3-4,11-13,15-16H2,1-2H3,(H2,23,24,26);1H. The molecule has 2 rings (SSSR count). The summed E-state index contributed by atoms with van der Waals surface area (Å²) < 4.78 is 5.69. The number of aliphatic imine (C=N–C) groups is 1. The Kier molecular flexibility index (Phi) is 12.9. The van der Waals surface area contributed by atoms with E-state index in [-0.39, 0.29) is 24.0 Å². The van der Waals surface area contributed by atoms with Crippen molar-refractivity contribution in [3.8, 4) is 0 Å². The molecular weight excluding hydrogens is 487 g/mol. The second kappa shape index (κ2) is 14.6. The van der Waals surface area contributed by atoms with Gasteiger partial charge in [0.15, 0.2) is 5.96 Å². The van der Waals surface area contributed by atoms with Crippen molar-refractivity contribution in [2.75, 3.05) is 19.7 Å². The largest absolute Gasteiger partial charge is 0.377 e. The van der Waals surface area contributed by atoms with Crippen LogP contribution in [-0.2, 0) is 24.3 Å². The third-order valence-corrected chi connectivity index (χ3v) is 4.19. The lowest BCUT2D eigenvalue weighted by atomic mass is 10.1. The van der Waals surface area contributed by atoms with Crippen LogP contribution in [0.4, 0.5) is 0 Å². The van der Waals surface area contributed by atoms with Gasteiger partial charge in [0.1, 0.15) is 5.15 Å². The summed E-state index contributed by atoms with van der Waals surface area (Å²) in [5.74, 6) is 0.809. The highest BCUT2D eigenvalue weighted by Crippen LogP contribution is 2.12. The first-order chi connectivity index (χ1) is 13.2. The van der Waals surface area contributed by atoms with Gasteiger partial charge in [0.2, 0.25) is 0 Å². The van der Waals surface area contributed by atoms with Crippen molar-refractivity contribution in [1.82, 2.24) is 15.6 Å². The fourth-order valence-electron chi connectivity index (χ4n) is 2.56. The van der Waals surface area contributed by atoms with Gasteiger partial charge in [-0.25, -0.2) is 9.98 Å². The minimum atomic E-state index is 0. The van der Waals surface area contributed by atoms with Gasteiger partial charge in [0.25, 0.3) is 0 Å². The first kappa shape index (κ1) is 24.7. The molecule has 5 nitrogen and oxygen atoms in total. The molecule has 7 heteroatoms. The summed E-state index contributed by atoms with van der Waals surface area (Å²) in [5, 5.41) is 7.18. The monoisotopic (exact) mass is 516 g/mol. The van der Waals surface area contributed by atoms with Crippen LogP contribution in [0.2, 0.25) is 5.15 Å². The van der Waals surface area contributed by atoms with Crippen molar-refractivity contribution in [2.24, 2.45) is 4.99 Å². The first-order valence-corrected chi connectivity index (χ1v) is 9.87. The quantitative estimate of drug-likeness (QED) is 0.160. The highest BCUT2D eigenvalue weighted by Gasteiger charge is 2.03. The summed E-state index contributed by atoms with van der Waals surface area (Å²) in [4.78, 5) is 8.83. The zero-order valence-corrected chi connectivity index (χ0v) is 19.7. The predicted octanol–water partition coefficient (Wildman–Crippen LogP) is 4.58. The number of hydrogen-bond acceptors (Lipinski definition) is 3. The Balaban J connectivity index is 0.00000392. The van der Waals surface area contributed by atoms with E-state index in [1.807, 2.05) is 24.3 Å². The molecule has 0 aliphatic rings. The number of aromatic nitrogens is 1. The minimum absolute atomic E-state index is 0. The highest BCUT2D eigenvalue weighted by atomic mass is 127. The SMILES string of the molecule is CCCOCc1ccccc1CN=C(NCC)NCCc1ccc(Cl)nc1.I. The Morgan fingerprint density at radius 1 is 1.11 bits per heavy atom. The molecule has 1 aromatic heterocycles. The van der Waals surface area contributed by atoms with Gasteiger partial charge < -0.3 is 15.4 Å². The molecule has 1 heterocycles. The van der Waals surface area contributed by atoms with Crippen molar-refractivity contribution >= 4 is 41.5 Å². The summed E-state index contributed by atoms with van der Waals surface area (Å²) in [7, 11) is 0. The van der Waals surface area contributed by atoms with Gasteiger partial charge in [-0.3, -0.25) is 0 Å². The lowest BCUT2D eigenvalue weighted by Gasteiger charge is -2.12. The van der Waals surface area contributed by atoms with Crippen molar-refractivity contribution in [1.29, 1.82) is 0 Å². The number of rotatable bonds is 10. The molecule has 0 amide bonds. The van der Waals surface area contributed by atoms with E-state index in [9.17, 15) is 0 Å². The molecule has 2 aromatic rings. The van der Waals surface area contributed by atoms with Crippen molar-refractivity contribution < 1.29 is 4.74 Å². The first-order valence-electron chi connectivity index (χ1n) is 9.50. The maximum absolute atomic E-state index is 5.82. The Labute approximate surface area is 190 Å². The molecule has 0 saturated carbocycles. The number of guanidine groups is 1. The Morgan fingerprint density at radius 3 is 2.57 bits per heavy atom. The molecule has 0 aliphatic heterocycles. The molecule has 0 aliphatic carbocycles. The Morgan fingerprint density at radius 2 is 1.89 bits per heavy atom. The molecule has 0 radical (unpaired) electrons. The average Bonchev–Trinajstić information content (AvgIpc) is 2.68. The molecular formula is C21H30ClIN4O. The number of hydrogen-bond donors (Lipinski definition) is 2. The van der Waals surface area contributed by atoms with E-state index >= 15 is 0 Å². The average molecular weight is 517 g/mol. The predicted molar refractivity (Wildman–Crippen MR) is 128 cm³/mol. The summed E-state index contributed by atoms with van der Waals surface area (Å²) in [6.07, 6.45) is 3.69. The molecule has 0 saturated heterocycles. The van der Waals surface area contributed by atoms with Gasteiger partial charge in [-0.2, -0.15) is 0 Å². The van der Waals surface area contributed by atoms with Crippen LogP contribution in [0.1, 0.15) is 37.0 Å². The number of nitrogens with one attached hydrogen (secondary N) is 2. The molecule has 2 N–H and O–H groups in total. The Bertz CT molecular complexity index is 710. The van der Waals surface area contributed by atoms with Crippen LogP contribution in [-0.4, -0.2) is 30.6 Å². The van der Waals surface area contributed by atoms with E-state index in [1.165, 1.54) is 11.1 Å². The van der Waals surface area contributed by atoms with Gasteiger partial charge in [-0.1, -0.05) is 48.9 Å². The van der Waals surface area contributed by atoms with E-state index in [2.05, 4.69) is 41.6 Å². The lowest BCUT2D eigenvalue weighted by molar-refractivity contribution is 0.121. The van der Waals surface area contributed by atoms with E-state index in [0.717, 1.165) is 44.1 Å². The Hall–Kier alpha value is -1.38. The van der Waals surface area contributed by atoms with E-state index in [0.29, 0.717) is 18.3 Å². The van der Waals surface area contributed by atoms with Gasteiger partial charge in [0, 0.05) is 25.9 Å². The smallest absolute Gasteiger partial charge is 0.191 e. The zero-order chi connectivity index (χ0) is 19.3. The maximum atomic E-state index is 5.82. The van der Waals surface area contributed by atoms with Gasteiger partial charge in [-0.15, -0.1) is 24.0 Å². The summed E-state index contributed by atoms with van der Waals surface area (Å²) >= 11 is 5.82. The molecule has 0 atom stereocenters. The van der Waals surface area contributed by atoms with Gasteiger partial charge in [0.05, 0.1) is 13.2 Å². The van der Waals surface area contributed by atoms with Crippen LogP contribution >= 0.6 is 35.6 Å². The molecule has 28 heavy (non-hydrogen) atoms. The van der Waals surface area contributed by atoms with Crippen molar-refractivity contribution in [2.45, 2.75) is 39.8 Å². The normalized spacial score (nSPS) is 11.0. The van der Waals surface area contributed by atoms with E-state index in [4.69, 9.17) is 21.3 Å². The van der Waals surface area contributed by atoms with Gasteiger partial charge >= 0.3 is 0 Å². The molecule has 154 valence electrons. The third kappa shape index (κ3) is 9.21. The van der Waals surface area contributed by atoms with Crippen LogP contribution in [0.3, 0.4) is 0 Å². The second-order valence-electron chi connectivity index (χ2n) is 6.18. The van der Waals surface area contributed by atoms with Gasteiger partial charge in [-0.05, 0) is 42.5 Å². The fraction of sp³-hybridized carbons (Fsp3) is 0.429.